The van der Waals surface area contributed by atoms with Gasteiger partial charge in [0, 0.05) is 30.3 Å². The summed E-state index contributed by atoms with van der Waals surface area (Å²) in [6.45, 7) is 7.70. The van der Waals surface area contributed by atoms with Crippen LogP contribution < -0.4 is 10.6 Å². The molecule has 0 unspecified atom stereocenters. The number of carbonyl (C=O) groups excluding carboxylic acids is 1. The molecule has 1 aromatic rings. The van der Waals surface area contributed by atoms with Gasteiger partial charge in [0.05, 0.1) is 6.61 Å². The number of hydrogen-bond acceptors (Lipinski definition) is 3. The van der Waals surface area contributed by atoms with Crippen molar-refractivity contribution in [1.29, 1.82) is 0 Å². The van der Waals surface area contributed by atoms with E-state index in [2.05, 4.69) is 17.6 Å². The molecule has 1 amide bonds. The molecule has 2 N–H and O–H groups in total. The number of carbonyl (C=O) groups is 1. The van der Waals surface area contributed by atoms with Gasteiger partial charge in [-0.05, 0) is 38.8 Å². The standard InChI is InChI=1S/C16H24N2O2/c1-12-6-4-5-7-14(12)17-15(19)10-13(2)18-16(3)8-9-20-11-16/h4-7,13,18H,8-11H2,1-3H3,(H,17,19)/t13-,16+/m1/s1. The number of ether oxygens (including phenoxy) is 1. The van der Waals surface area contributed by atoms with Crippen molar-refractivity contribution in [2.45, 2.75) is 45.2 Å². The summed E-state index contributed by atoms with van der Waals surface area (Å²) in [4.78, 5) is 12.1. The largest absolute Gasteiger partial charge is 0.379 e. The molecule has 0 aromatic heterocycles. The lowest BCUT2D eigenvalue weighted by atomic mass is 10.00. The van der Waals surface area contributed by atoms with Gasteiger partial charge in [0.15, 0.2) is 0 Å². The van der Waals surface area contributed by atoms with Crippen LogP contribution in [0.4, 0.5) is 5.69 Å². The molecule has 1 saturated heterocycles. The Morgan fingerprint density at radius 3 is 2.85 bits per heavy atom. The van der Waals surface area contributed by atoms with Crippen LogP contribution in [0, 0.1) is 6.92 Å². The zero-order chi connectivity index (χ0) is 14.6. The molecule has 0 saturated carbocycles. The minimum atomic E-state index is 0.00234. The molecule has 1 fully saturated rings. The van der Waals surface area contributed by atoms with Gasteiger partial charge in [0.25, 0.3) is 0 Å². The number of hydrogen-bond donors (Lipinski definition) is 2. The number of para-hydroxylation sites is 1. The molecule has 4 heteroatoms. The van der Waals surface area contributed by atoms with Crippen LogP contribution in [0.3, 0.4) is 0 Å². The Labute approximate surface area is 120 Å². The Balaban J connectivity index is 1.83. The normalized spacial score (nSPS) is 23.6. The fourth-order valence-electron chi connectivity index (χ4n) is 2.62. The van der Waals surface area contributed by atoms with Gasteiger partial charge in [-0.3, -0.25) is 4.79 Å². The van der Waals surface area contributed by atoms with Gasteiger partial charge in [-0.15, -0.1) is 0 Å². The molecule has 2 rings (SSSR count). The number of nitrogens with one attached hydrogen (secondary N) is 2. The average Bonchev–Trinajstić information content (AvgIpc) is 2.78. The second-order valence-corrected chi connectivity index (χ2v) is 5.98. The van der Waals surface area contributed by atoms with Crippen molar-refractivity contribution in [2.75, 3.05) is 18.5 Å². The quantitative estimate of drug-likeness (QED) is 0.868. The highest BCUT2D eigenvalue weighted by Gasteiger charge is 2.31. The predicted molar refractivity (Wildman–Crippen MR) is 80.9 cm³/mol. The Kier molecular flexibility index (Phi) is 4.78. The van der Waals surface area contributed by atoms with E-state index in [0.717, 1.165) is 30.9 Å². The van der Waals surface area contributed by atoms with E-state index >= 15 is 0 Å². The van der Waals surface area contributed by atoms with Crippen LogP contribution in [0.5, 0.6) is 0 Å². The molecular weight excluding hydrogens is 252 g/mol. The fourth-order valence-corrected chi connectivity index (χ4v) is 2.62. The molecule has 1 heterocycles. The highest BCUT2D eigenvalue weighted by Crippen LogP contribution is 2.19. The van der Waals surface area contributed by atoms with Crippen LogP contribution in [0.25, 0.3) is 0 Å². The topological polar surface area (TPSA) is 50.4 Å². The molecule has 0 radical (unpaired) electrons. The summed E-state index contributed by atoms with van der Waals surface area (Å²) in [5.41, 5.74) is 1.97. The molecule has 110 valence electrons. The van der Waals surface area contributed by atoms with E-state index in [9.17, 15) is 4.79 Å². The summed E-state index contributed by atoms with van der Waals surface area (Å²) in [7, 11) is 0. The zero-order valence-corrected chi connectivity index (χ0v) is 12.5. The summed E-state index contributed by atoms with van der Waals surface area (Å²) in [6.07, 6.45) is 1.46. The highest BCUT2D eigenvalue weighted by molar-refractivity contribution is 5.91. The zero-order valence-electron chi connectivity index (χ0n) is 12.5. The second-order valence-electron chi connectivity index (χ2n) is 5.98. The number of amides is 1. The van der Waals surface area contributed by atoms with Crippen molar-refractivity contribution < 1.29 is 9.53 Å². The van der Waals surface area contributed by atoms with E-state index < -0.39 is 0 Å². The number of rotatable bonds is 5. The van der Waals surface area contributed by atoms with Crippen molar-refractivity contribution in [1.82, 2.24) is 5.32 Å². The molecule has 1 aromatic carbocycles. The minimum absolute atomic E-state index is 0.00234. The maximum absolute atomic E-state index is 12.1. The summed E-state index contributed by atoms with van der Waals surface area (Å²) in [5, 5.41) is 6.47. The second kappa shape index (κ2) is 6.37. The maximum Gasteiger partial charge on any atom is 0.225 e. The van der Waals surface area contributed by atoms with Gasteiger partial charge < -0.3 is 15.4 Å². The lowest BCUT2D eigenvalue weighted by molar-refractivity contribution is -0.116. The average molecular weight is 276 g/mol. The summed E-state index contributed by atoms with van der Waals surface area (Å²) in [5.74, 6) is 0.0433. The Hall–Kier alpha value is -1.39. The lowest BCUT2D eigenvalue weighted by Gasteiger charge is -2.28. The van der Waals surface area contributed by atoms with Crippen LogP contribution in [0.15, 0.2) is 24.3 Å². The van der Waals surface area contributed by atoms with E-state index in [1.54, 1.807) is 0 Å². The first kappa shape index (κ1) is 15.0. The van der Waals surface area contributed by atoms with Crippen LogP contribution in [-0.4, -0.2) is 30.7 Å². The smallest absolute Gasteiger partial charge is 0.225 e. The fraction of sp³-hybridized carbons (Fsp3) is 0.562. The Morgan fingerprint density at radius 2 is 2.20 bits per heavy atom. The first-order valence-corrected chi connectivity index (χ1v) is 7.19. The van der Waals surface area contributed by atoms with Gasteiger partial charge in [-0.1, -0.05) is 18.2 Å². The monoisotopic (exact) mass is 276 g/mol. The summed E-state index contributed by atoms with van der Waals surface area (Å²) in [6, 6.07) is 7.95. The molecule has 4 nitrogen and oxygen atoms in total. The Bertz CT molecular complexity index is 467. The number of anilines is 1. The molecule has 20 heavy (non-hydrogen) atoms. The van der Waals surface area contributed by atoms with E-state index in [4.69, 9.17) is 4.74 Å². The van der Waals surface area contributed by atoms with E-state index in [1.807, 2.05) is 38.1 Å². The molecule has 1 aliphatic rings. The van der Waals surface area contributed by atoms with Crippen molar-refractivity contribution in [3.63, 3.8) is 0 Å². The third-order valence-corrected chi connectivity index (χ3v) is 3.72. The van der Waals surface area contributed by atoms with Gasteiger partial charge in [0.2, 0.25) is 5.91 Å². The third kappa shape index (κ3) is 4.05. The van der Waals surface area contributed by atoms with Gasteiger partial charge in [-0.2, -0.15) is 0 Å². The summed E-state index contributed by atoms with van der Waals surface area (Å²) < 4.78 is 5.41. The van der Waals surface area contributed by atoms with E-state index in [1.165, 1.54) is 0 Å². The van der Waals surface area contributed by atoms with Gasteiger partial charge >= 0.3 is 0 Å². The molecular formula is C16H24N2O2. The lowest BCUT2D eigenvalue weighted by Crippen LogP contribution is -2.48. The molecule has 0 bridgehead atoms. The SMILES string of the molecule is Cc1ccccc1NC(=O)C[C@@H](C)N[C@@]1(C)CCOC1. The molecule has 1 aliphatic heterocycles. The number of aryl methyl sites for hydroxylation is 1. The van der Waals surface area contributed by atoms with Crippen molar-refractivity contribution in [3.8, 4) is 0 Å². The van der Waals surface area contributed by atoms with Crippen molar-refractivity contribution in [3.05, 3.63) is 29.8 Å². The van der Waals surface area contributed by atoms with Crippen LogP contribution in [-0.2, 0) is 9.53 Å². The van der Waals surface area contributed by atoms with Crippen LogP contribution >= 0.6 is 0 Å². The van der Waals surface area contributed by atoms with Crippen LogP contribution in [0.2, 0.25) is 0 Å². The predicted octanol–water partition coefficient (Wildman–Crippen LogP) is 2.48. The first-order valence-electron chi connectivity index (χ1n) is 7.19. The summed E-state index contributed by atoms with van der Waals surface area (Å²) >= 11 is 0. The number of benzene rings is 1. The van der Waals surface area contributed by atoms with Crippen molar-refractivity contribution >= 4 is 11.6 Å². The molecule has 0 aliphatic carbocycles. The maximum atomic E-state index is 12.1. The van der Waals surface area contributed by atoms with Crippen LogP contribution in [0.1, 0.15) is 32.3 Å². The van der Waals surface area contributed by atoms with Crippen molar-refractivity contribution in [2.24, 2.45) is 0 Å². The highest BCUT2D eigenvalue weighted by atomic mass is 16.5. The molecule has 2 atom stereocenters. The third-order valence-electron chi connectivity index (χ3n) is 3.72. The van der Waals surface area contributed by atoms with E-state index in [-0.39, 0.29) is 17.5 Å². The van der Waals surface area contributed by atoms with E-state index in [0.29, 0.717) is 6.42 Å². The minimum Gasteiger partial charge on any atom is -0.379 e. The van der Waals surface area contributed by atoms with Gasteiger partial charge in [-0.25, -0.2) is 0 Å². The molecule has 0 spiro atoms. The van der Waals surface area contributed by atoms with Gasteiger partial charge in [0.1, 0.15) is 0 Å². The first-order chi connectivity index (χ1) is 9.48. The Morgan fingerprint density at radius 1 is 1.45 bits per heavy atom.